The second-order valence-electron chi connectivity index (χ2n) is 3.91. The van der Waals surface area contributed by atoms with Crippen LogP contribution < -0.4 is 4.74 Å². The predicted molar refractivity (Wildman–Crippen MR) is 70.2 cm³/mol. The summed E-state index contributed by atoms with van der Waals surface area (Å²) in [6, 6.07) is 5.72. The third kappa shape index (κ3) is 2.28. The monoisotopic (exact) mass is 266 g/mol. The van der Waals surface area contributed by atoms with E-state index >= 15 is 0 Å². The molecule has 0 radical (unpaired) electrons. The second kappa shape index (κ2) is 4.89. The van der Waals surface area contributed by atoms with Gasteiger partial charge in [0, 0.05) is 11.9 Å². The Balaban J connectivity index is 2.40. The summed E-state index contributed by atoms with van der Waals surface area (Å²) in [7, 11) is 3.42. The normalized spacial score (nSPS) is 12.6. The summed E-state index contributed by atoms with van der Waals surface area (Å²) in [6.07, 6.45) is 0. The van der Waals surface area contributed by atoms with Crippen molar-refractivity contribution in [2.45, 2.75) is 17.1 Å². The maximum atomic E-state index is 10.8. The summed E-state index contributed by atoms with van der Waals surface area (Å²) in [5, 5.41) is 13.5. The van der Waals surface area contributed by atoms with E-state index in [9.17, 15) is 4.79 Å². The van der Waals surface area contributed by atoms with Crippen molar-refractivity contribution in [1.82, 2.24) is 9.78 Å². The van der Waals surface area contributed by atoms with Crippen LogP contribution in [0.5, 0.6) is 5.88 Å². The maximum Gasteiger partial charge on any atom is 0.316 e. The molecule has 0 spiro atoms. The molecule has 2 aromatic rings. The van der Waals surface area contributed by atoms with Gasteiger partial charge in [0.2, 0.25) is 5.88 Å². The Morgan fingerprint density at radius 2 is 2.28 bits per heavy atom. The number of rotatable bonds is 4. The number of methoxy groups -OCH3 is 1. The van der Waals surface area contributed by atoms with Crippen molar-refractivity contribution in [1.29, 1.82) is 0 Å². The summed E-state index contributed by atoms with van der Waals surface area (Å²) >= 11 is 1.30. The van der Waals surface area contributed by atoms with Gasteiger partial charge in [-0.3, -0.25) is 9.48 Å². The summed E-state index contributed by atoms with van der Waals surface area (Å²) in [5.41, 5.74) is 0.958. The standard InChI is InChI=1S/C12H14N2O3S/c1-7(12(15)16)18-8-4-5-10-9(6-8)11(17-3)13-14(10)2/h4-7H,1-3H3,(H,15,16)/t7-/m1/s1. The fraction of sp³-hybridized carbons (Fsp3) is 0.333. The third-order valence-electron chi connectivity index (χ3n) is 2.64. The first-order valence-electron chi connectivity index (χ1n) is 5.43. The number of aromatic nitrogens is 2. The zero-order valence-corrected chi connectivity index (χ0v) is 11.2. The molecule has 96 valence electrons. The van der Waals surface area contributed by atoms with E-state index in [1.165, 1.54) is 11.8 Å². The van der Waals surface area contributed by atoms with Crippen LogP contribution in [0.1, 0.15) is 6.92 Å². The van der Waals surface area contributed by atoms with Crippen LogP contribution in [0.3, 0.4) is 0 Å². The van der Waals surface area contributed by atoms with Crippen LogP contribution in [0.25, 0.3) is 10.9 Å². The SMILES string of the molecule is COc1nn(C)c2ccc(S[C@H](C)C(=O)O)cc12. The van der Waals surface area contributed by atoms with Crippen LogP contribution in [0.15, 0.2) is 23.1 Å². The fourth-order valence-corrected chi connectivity index (χ4v) is 2.53. The van der Waals surface area contributed by atoms with Gasteiger partial charge in [-0.2, -0.15) is 0 Å². The van der Waals surface area contributed by atoms with E-state index in [1.54, 1.807) is 18.7 Å². The van der Waals surface area contributed by atoms with Crippen molar-refractivity contribution in [3.8, 4) is 5.88 Å². The second-order valence-corrected chi connectivity index (χ2v) is 5.32. The molecule has 6 heteroatoms. The number of carboxylic acid groups (broad SMARTS) is 1. The summed E-state index contributed by atoms with van der Waals surface area (Å²) in [6.45, 7) is 1.66. The minimum Gasteiger partial charge on any atom is -0.480 e. The molecule has 2 rings (SSSR count). The van der Waals surface area contributed by atoms with E-state index in [0.29, 0.717) is 5.88 Å². The minimum absolute atomic E-state index is 0.481. The van der Waals surface area contributed by atoms with Gasteiger partial charge >= 0.3 is 5.97 Å². The van der Waals surface area contributed by atoms with Gasteiger partial charge in [0.05, 0.1) is 18.0 Å². The van der Waals surface area contributed by atoms with Gasteiger partial charge in [-0.05, 0) is 25.1 Å². The lowest BCUT2D eigenvalue weighted by Gasteiger charge is -2.06. The quantitative estimate of drug-likeness (QED) is 0.859. The third-order valence-corrected chi connectivity index (χ3v) is 3.72. The van der Waals surface area contributed by atoms with E-state index < -0.39 is 11.2 Å². The van der Waals surface area contributed by atoms with Gasteiger partial charge < -0.3 is 9.84 Å². The van der Waals surface area contributed by atoms with E-state index in [1.807, 2.05) is 25.2 Å². The molecule has 1 N–H and O–H groups in total. The number of thioether (sulfide) groups is 1. The van der Waals surface area contributed by atoms with E-state index in [-0.39, 0.29) is 0 Å². The van der Waals surface area contributed by atoms with Gasteiger partial charge in [-0.15, -0.1) is 16.9 Å². The molecule has 0 fully saturated rings. The molecule has 0 amide bonds. The van der Waals surface area contributed by atoms with Crippen LogP contribution >= 0.6 is 11.8 Å². The molecular weight excluding hydrogens is 252 g/mol. The highest BCUT2D eigenvalue weighted by atomic mass is 32.2. The van der Waals surface area contributed by atoms with Crippen molar-refractivity contribution in [2.75, 3.05) is 7.11 Å². The Hall–Kier alpha value is -1.69. The highest BCUT2D eigenvalue weighted by molar-refractivity contribution is 8.00. The summed E-state index contributed by atoms with van der Waals surface area (Å²) < 4.78 is 6.94. The number of carbonyl (C=O) groups is 1. The average Bonchev–Trinajstić information content (AvgIpc) is 2.65. The largest absolute Gasteiger partial charge is 0.480 e. The zero-order chi connectivity index (χ0) is 13.3. The lowest BCUT2D eigenvalue weighted by atomic mass is 10.2. The first-order chi connectivity index (χ1) is 8.52. The number of hydrogen-bond acceptors (Lipinski definition) is 4. The smallest absolute Gasteiger partial charge is 0.316 e. The minimum atomic E-state index is -0.821. The number of benzene rings is 1. The lowest BCUT2D eigenvalue weighted by Crippen LogP contribution is -2.10. The Bertz CT molecular complexity index is 594. The molecule has 0 unspecified atom stereocenters. The molecule has 1 heterocycles. The number of ether oxygens (including phenoxy) is 1. The van der Waals surface area contributed by atoms with Crippen LogP contribution in [0, 0.1) is 0 Å². The first-order valence-corrected chi connectivity index (χ1v) is 6.31. The van der Waals surface area contributed by atoms with Gasteiger partial charge in [0.15, 0.2) is 0 Å². The molecule has 0 aliphatic carbocycles. The highest BCUT2D eigenvalue weighted by Crippen LogP contribution is 2.31. The number of carboxylic acids is 1. The molecule has 0 saturated carbocycles. The van der Waals surface area contributed by atoms with Gasteiger partial charge in [-0.1, -0.05) is 0 Å². The van der Waals surface area contributed by atoms with Crippen molar-refractivity contribution in [2.24, 2.45) is 7.05 Å². The van der Waals surface area contributed by atoms with Crippen molar-refractivity contribution < 1.29 is 14.6 Å². The van der Waals surface area contributed by atoms with Crippen molar-refractivity contribution in [3.05, 3.63) is 18.2 Å². The van der Waals surface area contributed by atoms with Crippen LogP contribution in [-0.2, 0) is 11.8 Å². The van der Waals surface area contributed by atoms with Crippen LogP contribution in [0.4, 0.5) is 0 Å². The number of fused-ring (bicyclic) bond motifs is 1. The molecule has 1 aromatic heterocycles. The molecule has 1 atom stereocenters. The van der Waals surface area contributed by atoms with Crippen molar-refractivity contribution in [3.63, 3.8) is 0 Å². The molecule has 0 bridgehead atoms. The van der Waals surface area contributed by atoms with Gasteiger partial charge in [0.1, 0.15) is 5.25 Å². The fourth-order valence-electron chi connectivity index (χ4n) is 1.69. The topological polar surface area (TPSA) is 64.4 Å². The van der Waals surface area contributed by atoms with Gasteiger partial charge in [0.25, 0.3) is 0 Å². The van der Waals surface area contributed by atoms with E-state index in [4.69, 9.17) is 9.84 Å². The number of aryl methyl sites for hydroxylation is 1. The molecule has 1 aromatic carbocycles. The lowest BCUT2D eigenvalue weighted by molar-refractivity contribution is -0.136. The summed E-state index contributed by atoms with van der Waals surface area (Å²) in [5.74, 6) is -0.267. The van der Waals surface area contributed by atoms with Gasteiger partial charge in [-0.25, -0.2) is 0 Å². The summed E-state index contributed by atoms with van der Waals surface area (Å²) in [4.78, 5) is 11.7. The Morgan fingerprint density at radius 3 is 2.89 bits per heavy atom. The van der Waals surface area contributed by atoms with E-state index in [2.05, 4.69) is 5.10 Å². The highest BCUT2D eigenvalue weighted by Gasteiger charge is 2.14. The molecule has 0 saturated heterocycles. The van der Waals surface area contributed by atoms with Crippen LogP contribution in [0.2, 0.25) is 0 Å². The average molecular weight is 266 g/mol. The maximum absolute atomic E-state index is 10.8. The molecule has 5 nitrogen and oxygen atoms in total. The van der Waals surface area contributed by atoms with Crippen molar-refractivity contribution >= 4 is 28.6 Å². The Kier molecular flexibility index (Phi) is 3.47. The zero-order valence-electron chi connectivity index (χ0n) is 10.4. The Morgan fingerprint density at radius 1 is 1.56 bits per heavy atom. The molecule has 18 heavy (non-hydrogen) atoms. The van der Waals surface area contributed by atoms with Crippen LogP contribution in [-0.4, -0.2) is 33.2 Å². The number of aliphatic carboxylic acids is 1. The molecule has 0 aliphatic heterocycles. The van der Waals surface area contributed by atoms with E-state index in [0.717, 1.165) is 15.8 Å². The Labute approximate surface area is 109 Å². The molecule has 0 aliphatic rings. The number of nitrogens with zero attached hydrogens (tertiary/aromatic N) is 2. The number of hydrogen-bond donors (Lipinski definition) is 1. The molecular formula is C12H14N2O3S. The first kappa shape index (κ1) is 12.8. The predicted octanol–water partition coefficient (Wildman–Crippen LogP) is 2.15.